The minimum Gasteiger partial charge on any atom is -0.341 e. The van der Waals surface area contributed by atoms with Gasteiger partial charge in [-0.15, -0.1) is 0 Å². The van der Waals surface area contributed by atoms with Crippen molar-refractivity contribution >= 4 is 5.91 Å². The van der Waals surface area contributed by atoms with Crippen LogP contribution in [0.1, 0.15) is 20.0 Å². The number of aromatic nitrogens is 3. The molecule has 0 aromatic carbocycles. The monoisotopic (exact) mass is 240 g/mol. The fourth-order valence-electron chi connectivity index (χ4n) is 1.27. The quantitative estimate of drug-likeness (QED) is 0.679. The van der Waals surface area contributed by atoms with Crippen LogP contribution in [0.3, 0.4) is 0 Å². The Labute approximate surface area is 101 Å². The first-order valence-electron chi connectivity index (χ1n) is 5.61. The molecule has 0 aliphatic rings. The molecule has 0 aliphatic heterocycles. The summed E-state index contributed by atoms with van der Waals surface area (Å²) >= 11 is 0. The molecule has 7 heteroatoms. The highest BCUT2D eigenvalue weighted by molar-refractivity contribution is 5.78. The van der Waals surface area contributed by atoms with Gasteiger partial charge in [0.25, 0.3) is 0 Å². The van der Waals surface area contributed by atoms with Crippen LogP contribution in [-0.2, 0) is 4.79 Å². The Balaban J connectivity index is 2.38. The average molecular weight is 240 g/mol. The molecule has 0 radical (unpaired) electrons. The summed E-state index contributed by atoms with van der Waals surface area (Å²) in [5.41, 5.74) is 5.51. The van der Waals surface area contributed by atoms with Crippen molar-refractivity contribution in [1.82, 2.24) is 25.2 Å². The molecular formula is C10H20N6O. The highest BCUT2D eigenvalue weighted by atomic mass is 16.2. The van der Waals surface area contributed by atoms with Gasteiger partial charge in [0.15, 0.2) is 0 Å². The Morgan fingerprint density at radius 2 is 2.06 bits per heavy atom. The zero-order chi connectivity index (χ0) is 12.8. The van der Waals surface area contributed by atoms with Gasteiger partial charge in [-0.1, -0.05) is 0 Å². The lowest BCUT2D eigenvalue weighted by Crippen LogP contribution is -2.44. The molecule has 1 aromatic rings. The molecule has 1 unspecified atom stereocenters. The predicted molar refractivity (Wildman–Crippen MR) is 64.0 cm³/mol. The van der Waals surface area contributed by atoms with Crippen LogP contribution in [0.2, 0.25) is 0 Å². The number of hydrogen-bond acceptors (Lipinski definition) is 5. The first-order chi connectivity index (χ1) is 8.06. The highest BCUT2D eigenvalue weighted by Gasteiger charge is 2.15. The van der Waals surface area contributed by atoms with Gasteiger partial charge in [-0.25, -0.2) is 0 Å². The van der Waals surface area contributed by atoms with Crippen LogP contribution >= 0.6 is 0 Å². The molecule has 1 aromatic heterocycles. The van der Waals surface area contributed by atoms with E-state index in [0.29, 0.717) is 6.54 Å². The Hall–Kier alpha value is -1.47. The van der Waals surface area contributed by atoms with Crippen molar-refractivity contribution in [2.24, 2.45) is 5.73 Å². The summed E-state index contributed by atoms with van der Waals surface area (Å²) in [4.78, 5) is 14.9. The average Bonchev–Trinajstić information content (AvgIpc) is 2.87. The van der Waals surface area contributed by atoms with E-state index in [4.69, 9.17) is 5.73 Å². The molecule has 0 saturated heterocycles. The lowest BCUT2D eigenvalue weighted by molar-refractivity contribution is -0.130. The number of amides is 1. The molecule has 1 amide bonds. The maximum absolute atomic E-state index is 11.8. The second kappa shape index (κ2) is 6.31. The molecule has 1 heterocycles. The Morgan fingerprint density at radius 3 is 2.59 bits per heavy atom. The summed E-state index contributed by atoms with van der Waals surface area (Å²) in [5, 5.41) is 11.0. The summed E-state index contributed by atoms with van der Waals surface area (Å²) in [5.74, 6) is 0.00181. The normalized spacial score (nSPS) is 14.4. The third-order valence-corrected chi connectivity index (χ3v) is 2.73. The molecule has 0 saturated carbocycles. The van der Waals surface area contributed by atoms with Crippen LogP contribution in [0, 0.1) is 0 Å². The number of carbonyl (C=O) groups is 1. The van der Waals surface area contributed by atoms with Gasteiger partial charge < -0.3 is 10.6 Å². The number of hydrogen-bond donors (Lipinski definition) is 2. The first-order valence-corrected chi connectivity index (χ1v) is 5.61. The van der Waals surface area contributed by atoms with Gasteiger partial charge in [-0.3, -0.25) is 10.1 Å². The third kappa shape index (κ3) is 3.79. The standard InChI is InChI=1S/C10H20N6O/c1-8(6-11)15(3)10(17)7-12-9(2)16-13-4-5-14-16/h4-5,8-9,12H,6-7,11H2,1-3H3/t8-,9?/m0/s1. The van der Waals surface area contributed by atoms with Gasteiger partial charge in [0.2, 0.25) is 5.91 Å². The minimum atomic E-state index is -0.115. The van der Waals surface area contributed by atoms with Crippen molar-refractivity contribution in [1.29, 1.82) is 0 Å². The van der Waals surface area contributed by atoms with Crippen LogP contribution in [-0.4, -0.2) is 52.0 Å². The topological polar surface area (TPSA) is 89.1 Å². The van der Waals surface area contributed by atoms with Crippen molar-refractivity contribution in [2.75, 3.05) is 20.1 Å². The van der Waals surface area contributed by atoms with Gasteiger partial charge in [-0.05, 0) is 13.8 Å². The number of carbonyl (C=O) groups excluding carboxylic acids is 1. The third-order valence-electron chi connectivity index (χ3n) is 2.73. The Kier molecular flexibility index (Phi) is 5.05. The predicted octanol–water partition coefficient (Wildman–Crippen LogP) is -0.808. The summed E-state index contributed by atoms with van der Waals surface area (Å²) in [6, 6.07) is 0.0439. The Bertz CT molecular complexity index is 339. The van der Waals surface area contributed by atoms with Crippen LogP contribution in [0.4, 0.5) is 0 Å². The van der Waals surface area contributed by atoms with E-state index >= 15 is 0 Å². The number of likely N-dealkylation sites (N-methyl/N-ethyl adjacent to an activating group) is 1. The van der Waals surface area contributed by atoms with E-state index in [1.807, 2.05) is 13.8 Å². The Morgan fingerprint density at radius 1 is 1.47 bits per heavy atom. The van der Waals surface area contributed by atoms with E-state index in [9.17, 15) is 4.79 Å². The van der Waals surface area contributed by atoms with Gasteiger partial charge >= 0.3 is 0 Å². The summed E-state index contributed by atoms with van der Waals surface area (Å²) in [6.45, 7) is 4.50. The van der Waals surface area contributed by atoms with E-state index in [2.05, 4.69) is 15.5 Å². The zero-order valence-corrected chi connectivity index (χ0v) is 10.5. The molecule has 17 heavy (non-hydrogen) atoms. The van der Waals surface area contributed by atoms with Crippen LogP contribution in [0.5, 0.6) is 0 Å². The molecule has 7 nitrogen and oxygen atoms in total. The lowest BCUT2D eigenvalue weighted by atomic mass is 10.3. The fraction of sp³-hybridized carbons (Fsp3) is 0.700. The van der Waals surface area contributed by atoms with Crippen molar-refractivity contribution in [3.05, 3.63) is 12.4 Å². The van der Waals surface area contributed by atoms with Crippen LogP contribution < -0.4 is 11.1 Å². The van der Waals surface area contributed by atoms with E-state index in [1.54, 1.807) is 24.3 Å². The second-order valence-electron chi connectivity index (χ2n) is 4.00. The molecule has 0 bridgehead atoms. The first kappa shape index (κ1) is 13.6. The molecule has 0 aliphatic carbocycles. The lowest BCUT2D eigenvalue weighted by Gasteiger charge is -2.24. The van der Waals surface area contributed by atoms with Gasteiger partial charge in [-0.2, -0.15) is 15.0 Å². The largest absolute Gasteiger partial charge is 0.341 e. The molecule has 96 valence electrons. The number of nitrogens with two attached hydrogens (primary N) is 1. The van der Waals surface area contributed by atoms with Gasteiger partial charge in [0, 0.05) is 19.6 Å². The smallest absolute Gasteiger partial charge is 0.236 e. The zero-order valence-electron chi connectivity index (χ0n) is 10.5. The highest BCUT2D eigenvalue weighted by Crippen LogP contribution is 1.97. The molecule has 2 atom stereocenters. The van der Waals surface area contributed by atoms with Crippen LogP contribution in [0.25, 0.3) is 0 Å². The van der Waals surface area contributed by atoms with Gasteiger partial charge in [0.05, 0.1) is 18.9 Å². The van der Waals surface area contributed by atoms with Crippen molar-refractivity contribution < 1.29 is 4.79 Å². The van der Waals surface area contributed by atoms with E-state index in [1.165, 1.54) is 4.80 Å². The second-order valence-corrected chi connectivity index (χ2v) is 4.00. The summed E-state index contributed by atoms with van der Waals surface area (Å²) in [6.07, 6.45) is 3.08. The summed E-state index contributed by atoms with van der Waals surface area (Å²) < 4.78 is 0. The minimum absolute atomic E-state index is 0.00181. The molecule has 3 N–H and O–H groups in total. The number of rotatable bonds is 6. The van der Waals surface area contributed by atoms with Crippen molar-refractivity contribution in [3.8, 4) is 0 Å². The van der Waals surface area contributed by atoms with Crippen molar-refractivity contribution in [3.63, 3.8) is 0 Å². The van der Waals surface area contributed by atoms with E-state index < -0.39 is 0 Å². The molecule has 0 fully saturated rings. The maximum Gasteiger partial charge on any atom is 0.236 e. The van der Waals surface area contributed by atoms with Gasteiger partial charge in [0.1, 0.15) is 6.17 Å². The van der Waals surface area contributed by atoms with E-state index in [0.717, 1.165) is 0 Å². The number of nitrogens with zero attached hydrogens (tertiary/aromatic N) is 4. The summed E-state index contributed by atoms with van der Waals surface area (Å²) in [7, 11) is 1.75. The molecule has 1 rings (SSSR count). The molecular weight excluding hydrogens is 220 g/mol. The maximum atomic E-state index is 11.8. The van der Waals surface area contributed by atoms with Crippen molar-refractivity contribution in [2.45, 2.75) is 26.1 Å². The fourth-order valence-corrected chi connectivity index (χ4v) is 1.27. The van der Waals surface area contributed by atoms with Crippen LogP contribution in [0.15, 0.2) is 12.4 Å². The number of nitrogens with one attached hydrogen (secondary N) is 1. The SMILES string of the molecule is CC(NCC(=O)N(C)[C@@H](C)CN)n1nccn1. The molecule has 0 spiro atoms. The van der Waals surface area contributed by atoms with E-state index in [-0.39, 0.29) is 24.7 Å².